The van der Waals surface area contributed by atoms with Crippen LogP contribution >= 0.6 is 0 Å². The lowest BCUT2D eigenvalue weighted by atomic mass is 10.2. The second-order valence-electron chi connectivity index (χ2n) is 3.89. The number of carbonyl (C=O) groups excluding carboxylic acids is 1. The van der Waals surface area contributed by atoms with Gasteiger partial charge in [-0.25, -0.2) is 0 Å². The first-order chi connectivity index (χ1) is 9.22. The van der Waals surface area contributed by atoms with Crippen molar-refractivity contribution in [2.45, 2.75) is 6.54 Å². The van der Waals surface area contributed by atoms with Crippen molar-refractivity contribution in [2.75, 3.05) is 7.11 Å². The molecule has 2 rings (SSSR count). The van der Waals surface area contributed by atoms with Crippen molar-refractivity contribution < 1.29 is 14.6 Å². The zero-order valence-electron chi connectivity index (χ0n) is 10.5. The number of ether oxygens (including phenoxy) is 1. The number of amides is 1. The number of carbonyl (C=O) groups is 1. The summed E-state index contributed by atoms with van der Waals surface area (Å²) in [6.45, 7) is 0.247. The number of methoxy groups -OCH3 is 1. The first-order valence-corrected chi connectivity index (χ1v) is 5.75. The molecule has 0 aliphatic heterocycles. The maximum Gasteiger partial charge on any atom is 0.255 e. The summed E-state index contributed by atoms with van der Waals surface area (Å²) in [6.07, 6.45) is 3.01. The first-order valence-electron chi connectivity index (χ1n) is 5.75. The summed E-state index contributed by atoms with van der Waals surface area (Å²) in [4.78, 5) is 15.9. The highest BCUT2D eigenvalue weighted by Crippen LogP contribution is 2.17. The highest BCUT2D eigenvalue weighted by atomic mass is 16.5. The Balaban J connectivity index is 2.08. The van der Waals surface area contributed by atoms with E-state index >= 15 is 0 Å². The number of nitrogens with one attached hydrogen (secondary N) is 1. The highest BCUT2D eigenvalue weighted by Gasteiger charge is 2.12. The lowest BCUT2D eigenvalue weighted by Crippen LogP contribution is -2.23. The third-order valence-corrected chi connectivity index (χ3v) is 2.68. The Bertz CT molecular complexity index is 584. The Hall–Kier alpha value is -2.56. The molecule has 2 N–H and O–H groups in total. The van der Waals surface area contributed by atoms with E-state index in [-0.39, 0.29) is 18.2 Å². The van der Waals surface area contributed by atoms with Crippen molar-refractivity contribution in [3.8, 4) is 11.5 Å². The Labute approximate surface area is 110 Å². The maximum absolute atomic E-state index is 12.0. The average Bonchev–Trinajstić information content (AvgIpc) is 2.46. The van der Waals surface area contributed by atoms with Crippen molar-refractivity contribution in [1.29, 1.82) is 0 Å². The van der Waals surface area contributed by atoms with Gasteiger partial charge >= 0.3 is 0 Å². The molecule has 0 fully saturated rings. The van der Waals surface area contributed by atoms with Crippen LogP contribution < -0.4 is 10.1 Å². The third kappa shape index (κ3) is 3.01. The van der Waals surface area contributed by atoms with E-state index in [0.29, 0.717) is 16.9 Å². The van der Waals surface area contributed by atoms with Crippen LogP contribution in [0.5, 0.6) is 11.5 Å². The second-order valence-corrected chi connectivity index (χ2v) is 3.89. The molecule has 19 heavy (non-hydrogen) atoms. The van der Waals surface area contributed by atoms with Gasteiger partial charge in [0.2, 0.25) is 0 Å². The van der Waals surface area contributed by atoms with E-state index in [4.69, 9.17) is 4.74 Å². The number of rotatable bonds is 4. The number of phenols is 1. The molecule has 5 heteroatoms. The molecular weight excluding hydrogens is 244 g/mol. The van der Waals surface area contributed by atoms with Gasteiger partial charge in [-0.15, -0.1) is 0 Å². The molecule has 0 saturated heterocycles. The van der Waals surface area contributed by atoms with Gasteiger partial charge in [0, 0.05) is 18.3 Å². The maximum atomic E-state index is 12.0. The summed E-state index contributed by atoms with van der Waals surface area (Å²) < 4.78 is 5.07. The number of para-hydroxylation sites is 1. The predicted molar refractivity (Wildman–Crippen MR) is 70.1 cm³/mol. The highest BCUT2D eigenvalue weighted by molar-refractivity contribution is 5.96. The van der Waals surface area contributed by atoms with Crippen molar-refractivity contribution in [3.63, 3.8) is 0 Å². The molecule has 0 unspecified atom stereocenters. The monoisotopic (exact) mass is 258 g/mol. The second kappa shape index (κ2) is 5.86. The van der Waals surface area contributed by atoms with Gasteiger partial charge in [0.05, 0.1) is 18.9 Å². The minimum atomic E-state index is -0.275. The molecule has 0 aliphatic rings. The van der Waals surface area contributed by atoms with E-state index in [0.717, 1.165) is 0 Å². The number of hydrogen-bond donors (Lipinski definition) is 2. The Morgan fingerprint density at radius 1 is 1.37 bits per heavy atom. The summed E-state index contributed by atoms with van der Waals surface area (Å²) in [5.74, 6) is 0.296. The third-order valence-electron chi connectivity index (χ3n) is 2.68. The van der Waals surface area contributed by atoms with Gasteiger partial charge in [-0.3, -0.25) is 9.78 Å². The molecule has 0 atom stereocenters. The van der Waals surface area contributed by atoms with Gasteiger partial charge in [-0.1, -0.05) is 18.2 Å². The Morgan fingerprint density at radius 3 is 2.89 bits per heavy atom. The fourth-order valence-electron chi connectivity index (χ4n) is 1.66. The van der Waals surface area contributed by atoms with E-state index in [9.17, 15) is 9.90 Å². The number of aromatic nitrogens is 1. The summed E-state index contributed by atoms with van der Waals surface area (Å²) in [5, 5.41) is 12.3. The number of phenolic OH excluding ortho intramolecular Hbond substituents is 1. The molecule has 1 amide bonds. The molecule has 0 aliphatic carbocycles. The molecule has 2 aromatic rings. The lowest BCUT2D eigenvalue weighted by Gasteiger charge is -2.09. The molecule has 98 valence electrons. The SMILES string of the molecule is COc1cnccc1C(=O)NCc1ccccc1O. The van der Waals surface area contributed by atoms with Crippen LogP contribution in [0.4, 0.5) is 0 Å². The quantitative estimate of drug-likeness (QED) is 0.876. The van der Waals surface area contributed by atoms with E-state index in [1.807, 2.05) is 0 Å². The molecule has 0 radical (unpaired) electrons. The molecule has 1 heterocycles. The molecule has 0 spiro atoms. The van der Waals surface area contributed by atoms with Crippen LogP contribution in [-0.2, 0) is 6.54 Å². The van der Waals surface area contributed by atoms with E-state index < -0.39 is 0 Å². The average molecular weight is 258 g/mol. The van der Waals surface area contributed by atoms with Crippen molar-refractivity contribution in [1.82, 2.24) is 10.3 Å². The van der Waals surface area contributed by atoms with Crippen molar-refractivity contribution >= 4 is 5.91 Å². The van der Waals surface area contributed by atoms with Crippen LogP contribution in [0.3, 0.4) is 0 Å². The minimum absolute atomic E-state index is 0.157. The number of hydrogen-bond acceptors (Lipinski definition) is 4. The van der Waals surface area contributed by atoms with Gasteiger partial charge in [0.15, 0.2) is 0 Å². The molecular formula is C14H14N2O3. The van der Waals surface area contributed by atoms with Crippen LogP contribution in [0.1, 0.15) is 15.9 Å². The topological polar surface area (TPSA) is 71.5 Å². The van der Waals surface area contributed by atoms with Gasteiger partial charge in [-0.05, 0) is 12.1 Å². The fraction of sp³-hybridized carbons (Fsp3) is 0.143. The normalized spacial score (nSPS) is 9.95. The summed E-state index contributed by atoms with van der Waals surface area (Å²) in [7, 11) is 1.48. The van der Waals surface area contributed by atoms with E-state index in [2.05, 4.69) is 10.3 Å². The Kier molecular flexibility index (Phi) is 3.97. The molecule has 0 saturated carbocycles. The van der Waals surface area contributed by atoms with Gasteiger partial charge in [0.1, 0.15) is 11.5 Å². The first kappa shape index (κ1) is 12.9. The van der Waals surface area contributed by atoms with E-state index in [1.54, 1.807) is 30.3 Å². The largest absolute Gasteiger partial charge is 0.508 e. The van der Waals surface area contributed by atoms with Crippen molar-refractivity contribution in [2.24, 2.45) is 0 Å². The summed E-state index contributed by atoms with van der Waals surface area (Å²) in [6, 6.07) is 8.44. The zero-order valence-corrected chi connectivity index (χ0v) is 10.5. The summed E-state index contributed by atoms with van der Waals surface area (Å²) in [5.41, 5.74) is 1.07. The predicted octanol–water partition coefficient (Wildman–Crippen LogP) is 1.73. The van der Waals surface area contributed by atoms with Gasteiger partial charge < -0.3 is 15.2 Å². The number of pyridine rings is 1. The molecule has 5 nitrogen and oxygen atoms in total. The van der Waals surface area contributed by atoms with Crippen LogP contribution in [0.2, 0.25) is 0 Å². The number of benzene rings is 1. The van der Waals surface area contributed by atoms with Crippen LogP contribution in [0.25, 0.3) is 0 Å². The fourth-order valence-corrected chi connectivity index (χ4v) is 1.66. The van der Waals surface area contributed by atoms with Gasteiger partial charge in [0.25, 0.3) is 5.91 Å². The lowest BCUT2D eigenvalue weighted by molar-refractivity contribution is 0.0947. The summed E-state index contributed by atoms with van der Waals surface area (Å²) >= 11 is 0. The van der Waals surface area contributed by atoms with Gasteiger partial charge in [-0.2, -0.15) is 0 Å². The van der Waals surface area contributed by atoms with Crippen LogP contribution in [-0.4, -0.2) is 23.1 Å². The smallest absolute Gasteiger partial charge is 0.255 e. The number of nitrogens with zero attached hydrogens (tertiary/aromatic N) is 1. The molecule has 1 aromatic heterocycles. The van der Waals surface area contributed by atoms with Crippen LogP contribution in [0, 0.1) is 0 Å². The minimum Gasteiger partial charge on any atom is -0.508 e. The number of aromatic hydroxyl groups is 1. The van der Waals surface area contributed by atoms with Crippen LogP contribution in [0.15, 0.2) is 42.7 Å². The van der Waals surface area contributed by atoms with Crippen molar-refractivity contribution in [3.05, 3.63) is 53.9 Å². The van der Waals surface area contributed by atoms with E-state index in [1.165, 1.54) is 19.5 Å². The molecule has 0 bridgehead atoms. The standard InChI is InChI=1S/C14H14N2O3/c1-19-13-9-15-7-6-11(13)14(18)16-8-10-4-2-3-5-12(10)17/h2-7,9,17H,8H2,1H3,(H,16,18). The zero-order chi connectivity index (χ0) is 13.7. The Morgan fingerprint density at radius 2 is 2.16 bits per heavy atom. The molecule has 1 aromatic carbocycles.